The molecule has 0 bridgehead atoms. The van der Waals surface area contributed by atoms with Gasteiger partial charge in [0.15, 0.2) is 5.03 Å². The van der Waals surface area contributed by atoms with E-state index in [1.165, 1.54) is 12.8 Å². The van der Waals surface area contributed by atoms with Gasteiger partial charge >= 0.3 is 0 Å². The highest BCUT2D eigenvalue weighted by Gasteiger charge is 2.24. The highest BCUT2D eigenvalue weighted by Crippen LogP contribution is 2.20. The number of rotatable bonds is 8. The zero-order valence-electron chi connectivity index (χ0n) is 11.1. The summed E-state index contributed by atoms with van der Waals surface area (Å²) in [5.74, 6) is 0. The number of nitrogens with zero attached hydrogens (tertiary/aromatic N) is 1. The first-order chi connectivity index (χ1) is 9.03. The molecule has 1 aromatic rings. The Kier molecular flexibility index (Phi) is 4.88. The molecular formula is C11H20N4O2S2. The van der Waals surface area contributed by atoms with Crippen molar-refractivity contribution in [3.63, 3.8) is 0 Å². The van der Waals surface area contributed by atoms with E-state index < -0.39 is 10.0 Å². The van der Waals surface area contributed by atoms with Gasteiger partial charge in [0.25, 0.3) is 10.0 Å². The molecule has 108 valence electrons. The fourth-order valence-electron chi connectivity index (χ4n) is 1.58. The highest BCUT2D eigenvalue weighted by molar-refractivity contribution is 7.99. The Morgan fingerprint density at radius 3 is 2.95 bits per heavy atom. The number of hydrogen-bond donors (Lipinski definition) is 3. The van der Waals surface area contributed by atoms with Crippen LogP contribution in [0.25, 0.3) is 0 Å². The Morgan fingerprint density at radius 2 is 2.32 bits per heavy atom. The number of thioether (sulfide) groups is 1. The van der Waals surface area contributed by atoms with E-state index in [-0.39, 0.29) is 10.3 Å². The number of nitrogens with one attached hydrogen (secondary N) is 3. The zero-order chi connectivity index (χ0) is 13.9. The molecule has 3 N–H and O–H groups in total. The van der Waals surface area contributed by atoms with Crippen LogP contribution in [0.4, 0.5) is 0 Å². The minimum absolute atomic E-state index is 0.175. The molecule has 0 spiro atoms. The van der Waals surface area contributed by atoms with Gasteiger partial charge < -0.3 is 5.32 Å². The molecule has 2 rings (SSSR count). The minimum atomic E-state index is -3.50. The molecule has 19 heavy (non-hydrogen) atoms. The summed E-state index contributed by atoms with van der Waals surface area (Å²) < 4.78 is 27.0. The average Bonchev–Trinajstić information content (AvgIpc) is 3.09. The zero-order valence-corrected chi connectivity index (χ0v) is 12.8. The minimum Gasteiger partial charge on any atom is -0.310 e. The molecule has 1 heterocycles. The van der Waals surface area contributed by atoms with Crippen molar-refractivity contribution in [3.05, 3.63) is 11.8 Å². The summed E-state index contributed by atoms with van der Waals surface area (Å²) in [6.07, 6.45) is 5.87. The van der Waals surface area contributed by atoms with E-state index in [1.807, 2.05) is 13.2 Å². The maximum absolute atomic E-state index is 12.2. The molecule has 0 radical (unpaired) electrons. The molecule has 1 aromatic heterocycles. The third-order valence-corrected chi connectivity index (χ3v) is 5.48. The number of aromatic nitrogens is 2. The fraction of sp³-hybridized carbons (Fsp3) is 0.727. The van der Waals surface area contributed by atoms with E-state index in [4.69, 9.17) is 0 Å². The molecule has 1 fully saturated rings. The van der Waals surface area contributed by atoms with Crippen molar-refractivity contribution in [2.45, 2.75) is 42.6 Å². The van der Waals surface area contributed by atoms with Crippen molar-refractivity contribution in [2.24, 2.45) is 0 Å². The lowest BCUT2D eigenvalue weighted by atomic mass is 10.3. The normalized spacial score (nSPS) is 17.6. The van der Waals surface area contributed by atoms with Crippen LogP contribution >= 0.6 is 11.8 Å². The van der Waals surface area contributed by atoms with E-state index in [1.54, 1.807) is 18.0 Å². The van der Waals surface area contributed by atoms with Gasteiger partial charge in [0.2, 0.25) is 0 Å². The topological polar surface area (TPSA) is 86.9 Å². The van der Waals surface area contributed by atoms with Crippen LogP contribution in [-0.2, 0) is 16.6 Å². The van der Waals surface area contributed by atoms with E-state index in [0.29, 0.717) is 24.7 Å². The van der Waals surface area contributed by atoms with Crippen molar-refractivity contribution in [2.75, 3.05) is 12.8 Å². The lowest BCUT2D eigenvalue weighted by Crippen LogP contribution is -2.31. The number of aromatic amines is 1. The molecule has 1 saturated carbocycles. The van der Waals surface area contributed by atoms with Gasteiger partial charge in [-0.15, -0.1) is 0 Å². The molecule has 1 aliphatic carbocycles. The van der Waals surface area contributed by atoms with Crippen LogP contribution in [-0.4, -0.2) is 42.7 Å². The van der Waals surface area contributed by atoms with Crippen molar-refractivity contribution in [1.29, 1.82) is 0 Å². The van der Waals surface area contributed by atoms with Crippen molar-refractivity contribution < 1.29 is 8.42 Å². The van der Waals surface area contributed by atoms with Gasteiger partial charge in [-0.05, 0) is 19.1 Å². The predicted molar refractivity (Wildman–Crippen MR) is 76.6 cm³/mol. The van der Waals surface area contributed by atoms with Gasteiger partial charge in [-0.1, -0.05) is 6.92 Å². The molecule has 0 aliphatic heterocycles. The lowest BCUT2D eigenvalue weighted by molar-refractivity contribution is 0.573. The molecule has 1 aliphatic rings. The maximum Gasteiger partial charge on any atom is 0.257 e. The van der Waals surface area contributed by atoms with E-state index in [9.17, 15) is 8.42 Å². The molecular weight excluding hydrogens is 284 g/mol. The second-order valence-corrected chi connectivity index (χ2v) is 7.76. The fourth-order valence-corrected chi connectivity index (χ4v) is 3.19. The molecule has 1 atom stereocenters. The third kappa shape index (κ3) is 4.20. The van der Waals surface area contributed by atoms with Crippen LogP contribution in [0.15, 0.2) is 11.2 Å². The molecule has 0 aromatic carbocycles. The first-order valence-corrected chi connectivity index (χ1v) is 9.08. The van der Waals surface area contributed by atoms with Gasteiger partial charge in [-0.2, -0.15) is 16.9 Å². The Bertz CT molecular complexity index is 511. The van der Waals surface area contributed by atoms with E-state index in [2.05, 4.69) is 20.2 Å². The second kappa shape index (κ2) is 6.25. The largest absolute Gasteiger partial charge is 0.310 e. The average molecular weight is 304 g/mol. The van der Waals surface area contributed by atoms with Crippen LogP contribution in [0.3, 0.4) is 0 Å². The van der Waals surface area contributed by atoms with Gasteiger partial charge in [-0.25, -0.2) is 13.1 Å². The summed E-state index contributed by atoms with van der Waals surface area (Å²) in [4.78, 5) is 0. The van der Waals surface area contributed by atoms with Crippen molar-refractivity contribution in [3.8, 4) is 0 Å². The predicted octanol–water partition coefficient (Wildman–Crippen LogP) is 0.691. The Morgan fingerprint density at radius 1 is 1.58 bits per heavy atom. The number of sulfonamides is 1. The molecule has 6 nitrogen and oxygen atoms in total. The summed E-state index contributed by atoms with van der Waals surface area (Å²) in [5, 5.41) is 10.1. The van der Waals surface area contributed by atoms with Crippen LogP contribution < -0.4 is 10.0 Å². The highest BCUT2D eigenvalue weighted by atomic mass is 32.2. The van der Waals surface area contributed by atoms with Crippen molar-refractivity contribution in [1.82, 2.24) is 20.2 Å². The Balaban J connectivity index is 2.00. The Labute approximate surface area is 118 Å². The van der Waals surface area contributed by atoms with E-state index >= 15 is 0 Å². The quantitative estimate of drug-likeness (QED) is 0.658. The van der Waals surface area contributed by atoms with E-state index in [0.717, 1.165) is 0 Å². The van der Waals surface area contributed by atoms with Gasteiger partial charge in [0.05, 0.1) is 6.20 Å². The van der Waals surface area contributed by atoms with Gasteiger partial charge in [0, 0.05) is 29.9 Å². The smallest absolute Gasteiger partial charge is 0.257 e. The van der Waals surface area contributed by atoms with Gasteiger partial charge in [0.1, 0.15) is 0 Å². The second-order valence-electron chi connectivity index (χ2n) is 4.78. The maximum atomic E-state index is 12.2. The van der Waals surface area contributed by atoms with Crippen LogP contribution in [0.1, 0.15) is 25.3 Å². The number of H-pyrrole nitrogens is 1. The van der Waals surface area contributed by atoms with Crippen LogP contribution in [0.2, 0.25) is 0 Å². The summed E-state index contributed by atoms with van der Waals surface area (Å²) in [6, 6.07) is 0.537. The lowest BCUT2D eigenvalue weighted by Gasteiger charge is -2.10. The SMILES string of the molecule is CSC(C)CNS(=O)(=O)c1[nH]ncc1CNC1CC1. The van der Waals surface area contributed by atoms with Crippen LogP contribution in [0, 0.1) is 0 Å². The summed E-state index contributed by atoms with van der Waals surface area (Å²) in [7, 11) is -3.50. The van der Waals surface area contributed by atoms with Gasteiger partial charge in [-0.3, -0.25) is 5.10 Å². The summed E-state index contributed by atoms with van der Waals surface area (Å²) in [6.45, 7) is 2.93. The first-order valence-electron chi connectivity index (χ1n) is 6.31. The van der Waals surface area contributed by atoms with Crippen molar-refractivity contribution >= 4 is 21.8 Å². The molecule has 0 amide bonds. The monoisotopic (exact) mass is 304 g/mol. The Hall–Kier alpha value is -0.570. The molecule has 1 unspecified atom stereocenters. The van der Waals surface area contributed by atoms with Crippen LogP contribution in [0.5, 0.6) is 0 Å². The first kappa shape index (κ1) is 14.8. The standard InChI is InChI=1S/C11H20N4O2S2/c1-8(18-2)5-14-19(16,17)11-9(7-13-15-11)6-12-10-3-4-10/h7-8,10,12,14H,3-6H2,1-2H3,(H,13,15). The number of hydrogen-bond acceptors (Lipinski definition) is 5. The summed E-state index contributed by atoms with van der Waals surface area (Å²) in [5.41, 5.74) is 0.691. The third-order valence-electron chi connectivity index (χ3n) is 3.07. The summed E-state index contributed by atoms with van der Waals surface area (Å²) >= 11 is 1.62. The molecule has 8 heteroatoms. The molecule has 0 saturated heterocycles.